The van der Waals surface area contributed by atoms with Crippen LogP contribution in [0.2, 0.25) is 0 Å². The Kier molecular flexibility index (Phi) is 12.8. The third kappa shape index (κ3) is 9.32. The molecule has 4 heterocycles. The molecule has 296 valence electrons. The van der Waals surface area contributed by atoms with Crippen LogP contribution in [0, 0.1) is 0 Å². The van der Waals surface area contributed by atoms with Gasteiger partial charge in [0.05, 0.1) is 26.1 Å². The van der Waals surface area contributed by atoms with Gasteiger partial charge in [-0.05, 0) is 57.6 Å². The molecule has 2 aromatic carbocycles. The summed E-state index contributed by atoms with van der Waals surface area (Å²) >= 11 is 0. The molecule has 0 spiro atoms. The molecular weight excluding hydrogens is 731 g/mol. The number of nitrogen functional groups attached to an aromatic ring is 1. The van der Waals surface area contributed by atoms with E-state index in [-0.39, 0.29) is 32.0 Å². The van der Waals surface area contributed by atoms with Crippen LogP contribution in [-0.2, 0) is 45.7 Å². The summed E-state index contributed by atoms with van der Waals surface area (Å²) in [7, 11) is -4.46. The topological polar surface area (TPSA) is 226 Å². The van der Waals surface area contributed by atoms with Crippen molar-refractivity contribution >= 4 is 42.5 Å². The third-order valence-electron chi connectivity index (χ3n) is 9.61. The lowest BCUT2D eigenvalue weighted by molar-refractivity contribution is -0.145. The summed E-state index contributed by atoms with van der Waals surface area (Å²) in [6.45, 7) is 5.81. The highest BCUT2D eigenvalue weighted by Crippen LogP contribution is 2.45. The van der Waals surface area contributed by atoms with Crippen molar-refractivity contribution in [2.24, 2.45) is 0 Å². The number of fused-ring (bicyclic) bond motifs is 1. The molecule has 0 radical (unpaired) electrons. The fourth-order valence-corrected chi connectivity index (χ4v) is 8.66. The van der Waals surface area contributed by atoms with Gasteiger partial charge in [0.2, 0.25) is 5.95 Å². The molecule has 2 aromatic heterocycles. The summed E-state index contributed by atoms with van der Waals surface area (Å²) in [5.41, 5.74) is 6.41. The summed E-state index contributed by atoms with van der Waals surface area (Å²) in [6.07, 6.45) is -0.529. The molecular formula is C37H49N8O9P. The van der Waals surface area contributed by atoms with Gasteiger partial charge < -0.3 is 39.6 Å². The maximum atomic E-state index is 15.0. The SMILES string of the molecule is CCOC(=O)[C@H](Cc1ccccc1)NP(=O)(N[C@@H](Cc1ccccc1)C(=O)OCC)OC[C@H]1O[C@@H](n2cnc3c(N4CCCC4)nc(N)nc32)[C@@](C)(O)C1O. The van der Waals surface area contributed by atoms with Crippen LogP contribution in [0.3, 0.4) is 0 Å². The van der Waals surface area contributed by atoms with Crippen molar-refractivity contribution in [3.63, 3.8) is 0 Å². The number of ether oxygens (including phenoxy) is 3. The van der Waals surface area contributed by atoms with Crippen molar-refractivity contribution in [2.75, 3.05) is 43.5 Å². The molecule has 0 aliphatic carbocycles. The van der Waals surface area contributed by atoms with E-state index in [0.29, 0.717) is 17.0 Å². The van der Waals surface area contributed by atoms with E-state index >= 15 is 4.57 Å². The number of imidazole rings is 1. The number of rotatable bonds is 17. The van der Waals surface area contributed by atoms with Crippen LogP contribution in [0.15, 0.2) is 67.0 Å². The predicted octanol–water partition coefficient (Wildman–Crippen LogP) is 2.67. The average Bonchev–Trinajstić information content (AvgIpc) is 3.90. The van der Waals surface area contributed by atoms with Crippen molar-refractivity contribution in [3.05, 3.63) is 78.1 Å². The molecule has 17 nitrogen and oxygen atoms in total. The Morgan fingerprint density at radius 2 is 1.51 bits per heavy atom. The summed E-state index contributed by atoms with van der Waals surface area (Å²) < 4.78 is 39.5. The van der Waals surface area contributed by atoms with Crippen LogP contribution < -0.4 is 20.8 Å². The molecule has 1 unspecified atom stereocenters. The second-order valence-electron chi connectivity index (χ2n) is 13.7. The number of benzene rings is 2. The van der Waals surface area contributed by atoms with Gasteiger partial charge in [-0.1, -0.05) is 60.7 Å². The number of hydrogen-bond acceptors (Lipinski definition) is 14. The average molecular weight is 781 g/mol. The number of esters is 2. The molecule has 0 amide bonds. The number of nitrogens with zero attached hydrogens (tertiary/aromatic N) is 5. The minimum atomic E-state index is -4.46. The Labute approximate surface area is 319 Å². The lowest BCUT2D eigenvalue weighted by atomic mass is 9.96. The van der Waals surface area contributed by atoms with E-state index in [2.05, 4.69) is 30.0 Å². The number of carbonyl (C=O) groups excluding carboxylic acids is 2. The molecule has 2 aliphatic rings. The Bertz CT molecular complexity index is 1890. The Morgan fingerprint density at radius 3 is 2.04 bits per heavy atom. The van der Waals surface area contributed by atoms with Crippen molar-refractivity contribution in [1.29, 1.82) is 0 Å². The molecule has 55 heavy (non-hydrogen) atoms. The Morgan fingerprint density at radius 1 is 0.964 bits per heavy atom. The molecule has 2 saturated heterocycles. The number of nitrogens with one attached hydrogen (secondary N) is 2. The minimum Gasteiger partial charge on any atom is -0.465 e. The molecule has 0 bridgehead atoms. The lowest BCUT2D eigenvalue weighted by Crippen LogP contribution is -2.47. The van der Waals surface area contributed by atoms with Gasteiger partial charge in [0, 0.05) is 13.1 Å². The van der Waals surface area contributed by atoms with Gasteiger partial charge in [-0.3, -0.25) is 18.7 Å². The number of carbonyl (C=O) groups is 2. The van der Waals surface area contributed by atoms with Gasteiger partial charge in [-0.25, -0.2) is 15.2 Å². The van der Waals surface area contributed by atoms with Crippen molar-refractivity contribution in [2.45, 2.75) is 82.6 Å². The second kappa shape index (κ2) is 17.5. The lowest BCUT2D eigenvalue weighted by Gasteiger charge is -2.30. The van der Waals surface area contributed by atoms with Gasteiger partial charge in [0.1, 0.15) is 29.9 Å². The van der Waals surface area contributed by atoms with Crippen LogP contribution >= 0.6 is 7.67 Å². The monoisotopic (exact) mass is 780 g/mol. The van der Waals surface area contributed by atoms with Crippen LogP contribution in [0.5, 0.6) is 0 Å². The van der Waals surface area contributed by atoms with Gasteiger partial charge in [-0.15, -0.1) is 0 Å². The van der Waals surface area contributed by atoms with Gasteiger partial charge in [-0.2, -0.15) is 9.97 Å². The van der Waals surface area contributed by atoms with E-state index < -0.39 is 62.3 Å². The zero-order chi connectivity index (χ0) is 39.2. The van der Waals surface area contributed by atoms with Crippen LogP contribution in [0.4, 0.5) is 11.8 Å². The molecule has 6 rings (SSSR count). The van der Waals surface area contributed by atoms with E-state index in [9.17, 15) is 19.8 Å². The largest absolute Gasteiger partial charge is 0.465 e. The fourth-order valence-electron chi connectivity index (χ4n) is 6.87. The number of anilines is 2. The first kappa shape index (κ1) is 40.2. The number of aromatic nitrogens is 4. The summed E-state index contributed by atoms with van der Waals surface area (Å²) in [6, 6.07) is 15.7. The zero-order valence-corrected chi connectivity index (χ0v) is 32.0. The van der Waals surface area contributed by atoms with E-state index in [1.54, 1.807) is 62.4 Å². The molecule has 6 atom stereocenters. The first-order chi connectivity index (χ1) is 26.4. The number of hydrogen-bond donors (Lipinski definition) is 5. The van der Waals surface area contributed by atoms with Gasteiger partial charge in [0.25, 0.3) is 0 Å². The van der Waals surface area contributed by atoms with Crippen molar-refractivity contribution < 1.29 is 43.1 Å². The second-order valence-corrected chi connectivity index (χ2v) is 15.6. The van der Waals surface area contributed by atoms with Gasteiger partial charge >= 0.3 is 19.6 Å². The molecule has 6 N–H and O–H groups in total. The highest BCUT2D eigenvalue weighted by molar-refractivity contribution is 7.54. The van der Waals surface area contributed by atoms with Crippen LogP contribution in [0.1, 0.15) is 51.0 Å². The quantitative estimate of drug-likeness (QED) is 0.0767. The summed E-state index contributed by atoms with van der Waals surface area (Å²) in [4.78, 5) is 42.1. The number of aliphatic hydroxyl groups is 2. The van der Waals surface area contributed by atoms with Crippen LogP contribution in [-0.4, -0.2) is 104 Å². The highest BCUT2D eigenvalue weighted by Gasteiger charge is 2.54. The first-order valence-electron chi connectivity index (χ1n) is 18.4. The summed E-state index contributed by atoms with van der Waals surface area (Å²) in [5, 5.41) is 28.8. The fraction of sp³-hybridized carbons (Fsp3) is 0.486. The molecule has 2 aliphatic heterocycles. The maximum absolute atomic E-state index is 15.0. The number of nitrogens with two attached hydrogens (primary N) is 1. The number of aliphatic hydroxyl groups excluding tert-OH is 1. The van der Waals surface area contributed by atoms with Crippen molar-refractivity contribution in [3.8, 4) is 0 Å². The normalized spacial score (nSPS) is 22.5. The molecule has 4 aromatic rings. The van der Waals surface area contributed by atoms with E-state index in [1.807, 2.05) is 12.1 Å². The zero-order valence-electron chi connectivity index (χ0n) is 31.1. The molecule has 18 heteroatoms. The third-order valence-corrected chi connectivity index (χ3v) is 11.4. The van der Waals surface area contributed by atoms with Gasteiger partial charge in [0.15, 0.2) is 23.2 Å². The van der Waals surface area contributed by atoms with E-state index in [1.165, 1.54) is 17.8 Å². The Hall–Kier alpha value is -4.48. The minimum absolute atomic E-state index is 0.00521. The highest BCUT2D eigenvalue weighted by atomic mass is 31.2. The predicted molar refractivity (Wildman–Crippen MR) is 203 cm³/mol. The molecule has 0 saturated carbocycles. The van der Waals surface area contributed by atoms with E-state index in [0.717, 1.165) is 37.1 Å². The first-order valence-corrected chi connectivity index (χ1v) is 20.1. The smallest absolute Gasteiger partial charge is 0.342 e. The molecule has 2 fully saturated rings. The van der Waals surface area contributed by atoms with Crippen LogP contribution in [0.25, 0.3) is 11.2 Å². The standard InChI is InChI=1S/C37H49N8O9P/c1-4-51-33(47)26(20-24-14-8-6-9-15-24)42-55(50,43-27(34(48)52-5-2)21-25-16-10-7-11-17-25)53-22-28-30(46)37(3,49)35(54-28)45-23-39-29-31(44-18-12-13-19-44)40-36(38)41-32(29)45/h6-11,14-17,23,26-28,30,35,46,49H,4-5,12-13,18-22H2,1-3H3,(H2,38,40,41)(H2,42,43,50)/t26-,27-,28+,30?,35+,37-/m0/s1. The van der Waals surface area contributed by atoms with Crippen molar-refractivity contribution in [1.82, 2.24) is 29.7 Å². The maximum Gasteiger partial charge on any atom is 0.342 e. The Balaban J connectivity index is 1.30. The summed E-state index contributed by atoms with van der Waals surface area (Å²) in [5.74, 6) is -0.831. The van der Waals surface area contributed by atoms with E-state index in [4.69, 9.17) is 24.5 Å².